The van der Waals surface area contributed by atoms with E-state index in [1.165, 1.54) is 24.4 Å². The van der Waals surface area contributed by atoms with E-state index >= 15 is 0 Å². The van der Waals surface area contributed by atoms with Gasteiger partial charge in [0.1, 0.15) is 0 Å². The minimum Gasteiger partial charge on any atom is -0.267 e. The zero-order valence-corrected chi connectivity index (χ0v) is 14.5. The predicted octanol–water partition coefficient (Wildman–Crippen LogP) is 5.23. The molecule has 0 spiro atoms. The molecule has 0 unspecified atom stereocenters. The van der Waals surface area contributed by atoms with Gasteiger partial charge in [-0.2, -0.15) is 26.3 Å². The van der Waals surface area contributed by atoms with Crippen LogP contribution in [0, 0.1) is 0 Å². The first kappa shape index (κ1) is 19.8. The highest BCUT2D eigenvalue weighted by molar-refractivity contribution is 5.42. The van der Waals surface area contributed by atoms with Crippen molar-refractivity contribution in [1.29, 1.82) is 0 Å². The van der Waals surface area contributed by atoms with Crippen LogP contribution in [0.25, 0.3) is 11.4 Å². The van der Waals surface area contributed by atoms with Gasteiger partial charge in [0.05, 0.1) is 22.5 Å². The fraction of sp³-hybridized carbons (Fsp3) is 0.211. The molecule has 0 radical (unpaired) electrons. The summed E-state index contributed by atoms with van der Waals surface area (Å²) < 4.78 is 79.9. The number of rotatable bonds is 3. The lowest BCUT2D eigenvalue weighted by molar-refractivity contribution is -0.138. The number of imidazole rings is 1. The number of hydrogen-bond acceptors (Lipinski definition) is 1. The zero-order valence-electron chi connectivity index (χ0n) is 14.5. The normalized spacial score (nSPS) is 12.4. The van der Waals surface area contributed by atoms with E-state index in [4.69, 9.17) is 0 Å². The number of hydrogen-bond donors (Lipinski definition) is 0. The third-order valence-corrected chi connectivity index (χ3v) is 4.21. The average Bonchev–Trinajstić information content (AvgIpc) is 2.97. The first-order chi connectivity index (χ1) is 13.0. The molecule has 0 atom stereocenters. The van der Waals surface area contributed by atoms with Gasteiger partial charge < -0.3 is 0 Å². The molecule has 0 aliphatic heterocycles. The molecule has 3 rings (SSSR count). The second-order valence-corrected chi connectivity index (χ2v) is 6.06. The van der Waals surface area contributed by atoms with Crippen LogP contribution in [0.3, 0.4) is 0 Å². The SMILES string of the molecule is CCc1cn(-c2cccc(C(F)(F)F)c2)c(=O)n1-c1cccc(C(F)(F)F)c1. The van der Waals surface area contributed by atoms with Gasteiger partial charge in [-0.15, -0.1) is 0 Å². The van der Waals surface area contributed by atoms with Gasteiger partial charge in [-0.3, -0.25) is 9.13 Å². The second-order valence-electron chi connectivity index (χ2n) is 6.06. The lowest BCUT2D eigenvalue weighted by Gasteiger charge is -2.10. The van der Waals surface area contributed by atoms with Crippen LogP contribution in [-0.4, -0.2) is 9.13 Å². The highest BCUT2D eigenvalue weighted by atomic mass is 19.4. The Morgan fingerprint density at radius 1 is 0.821 bits per heavy atom. The van der Waals surface area contributed by atoms with Crippen molar-refractivity contribution in [3.63, 3.8) is 0 Å². The molecule has 0 bridgehead atoms. The summed E-state index contributed by atoms with van der Waals surface area (Å²) in [6.07, 6.45) is -7.55. The summed E-state index contributed by atoms with van der Waals surface area (Å²) in [7, 11) is 0. The molecule has 0 N–H and O–H groups in total. The highest BCUT2D eigenvalue weighted by Crippen LogP contribution is 2.31. The highest BCUT2D eigenvalue weighted by Gasteiger charge is 2.32. The summed E-state index contributed by atoms with van der Waals surface area (Å²) in [5.41, 5.74) is -2.28. The van der Waals surface area contributed by atoms with Gasteiger partial charge in [-0.1, -0.05) is 19.1 Å². The summed E-state index contributed by atoms with van der Waals surface area (Å²) in [6.45, 7) is 1.69. The number of alkyl halides is 6. The Hall–Kier alpha value is -2.97. The molecule has 1 heterocycles. The molecular formula is C19H14F6N2O. The zero-order chi connectivity index (χ0) is 20.7. The number of halogens is 6. The molecule has 0 fully saturated rings. The maximum atomic E-state index is 13.0. The van der Waals surface area contributed by atoms with Gasteiger partial charge in [0.25, 0.3) is 0 Å². The quantitative estimate of drug-likeness (QED) is 0.554. The third-order valence-electron chi connectivity index (χ3n) is 4.21. The predicted molar refractivity (Wildman–Crippen MR) is 90.7 cm³/mol. The molecule has 0 aliphatic rings. The fourth-order valence-electron chi connectivity index (χ4n) is 2.86. The first-order valence-electron chi connectivity index (χ1n) is 8.21. The Labute approximate surface area is 155 Å². The second kappa shape index (κ2) is 6.88. The number of aryl methyl sites for hydroxylation is 1. The monoisotopic (exact) mass is 400 g/mol. The van der Waals surface area contributed by atoms with Crippen LogP contribution in [0.4, 0.5) is 26.3 Å². The van der Waals surface area contributed by atoms with Gasteiger partial charge in [0.2, 0.25) is 0 Å². The number of benzene rings is 2. The summed E-state index contributed by atoms with van der Waals surface area (Å²) >= 11 is 0. The Morgan fingerprint density at radius 3 is 1.82 bits per heavy atom. The molecule has 9 heteroatoms. The Morgan fingerprint density at radius 2 is 1.32 bits per heavy atom. The van der Waals surface area contributed by atoms with Crippen molar-refractivity contribution in [2.45, 2.75) is 25.7 Å². The van der Waals surface area contributed by atoms with Crippen LogP contribution in [-0.2, 0) is 18.8 Å². The summed E-state index contributed by atoms with van der Waals surface area (Å²) in [5, 5.41) is 0. The molecule has 0 saturated carbocycles. The van der Waals surface area contributed by atoms with E-state index in [0.717, 1.165) is 39.5 Å². The van der Waals surface area contributed by atoms with E-state index < -0.39 is 29.2 Å². The van der Waals surface area contributed by atoms with Gasteiger partial charge in [0, 0.05) is 11.9 Å². The lowest BCUT2D eigenvalue weighted by atomic mass is 10.2. The summed E-state index contributed by atoms with van der Waals surface area (Å²) in [5.74, 6) is 0. The van der Waals surface area contributed by atoms with Crippen LogP contribution in [0.1, 0.15) is 23.7 Å². The largest absolute Gasteiger partial charge is 0.416 e. The maximum Gasteiger partial charge on any atom is 0.416 e. The molecule has 28 heavy (non-hydrogen) atoms. The van der Waals surface area contributed by atoms with Crippen molar-refractivity contribution < 1.29 is 26.3 Å². The van der Waals surface area contributed by atoms with E-state index in [1.54, 1.807) is 6.92 Å². The van der Waals surface area contributed by atoms with Crippen LogP contribution in [0.5, 0.6) is 0 Å². The molecule has 0 amide bonds. The molecule has 2 aromatic carbocycles. The number of aromatic nitrogens is 2. The lowest BCUT2D eigenvalue weighted by Crippen LogP contribution is -2.23. The summed E-state index contributed by atoms with van der Waals surface area (Å²) in [4.78, 5) is 12.8. The van der Waals surface area contributed by atoms with Crippen LogP contribution < -0.4 is 5.69 Å². The van der Waals surface area contributed by atoms with E-state index in [2.05, 4.69) is 0 Å². The molecule has 3 nitrogen and oxygen atoms in total. The van der Waals surface area contributed by atoms with Crippen molar-refractivity contribution in [1.82, 2.24) is 9.13 Å². The van der Waals surface area contributed by atoms with Gasteiger partial charge >= 0.3 is 18.0 Å². The van der Waals surface area contributed by atoms with Gasteiger partial charge in [0.15, 0.2) is 0 Å². The van der Waals surface area contributed by atoms with Crippen LogP contribution in [0.15, 0.2) is 59.5 Å². The standard InChI is InChI=1S/C19H14F6N2O/c1-2-14-11-26(15-7-3-5-12(9-15)18(20,21)22)17(28)27(14)16-8-4-6-13(10-16)19(23,24)25/h3-11H,2H2,1H3. The van der Waals surface area contributed by atoms with E-state index in [0.29, 0.717) is 5.69 Å². The van der Waals surface area contributed by atoms with Crippen molar-refractivity contribution >= 4 is 0 Å². The van der Waals surface area contributed by atoms with Crippen LogP contribution in [0.2, 0.25) is 0 Å². The molecule has 0 aliphatic carbocycles. The van der Waals surface area contributed by atoms with Crippen molar-refractivity contribution in [3.8, 4) is 11.4 Å². The van der Waals surface area contributed by atoms with Crippen molar-refractivity contribution in [2.24, 2.45) is 0 Å². The topological polar surface area (TPSA) is 26.9 Å². The van der Waals surface area contributed by atoms with E-state index in [1.807, 2.05) is 0 Å². The first-order valence-corrected chi connectivity index (χ1v) is 8.21. The minimum atomic E-state index is -4.59. The average molecular weight is 400 g/mol. The minimum absolute atomic E-state index is 0.0117. The Kier molecular flexibility index (Phi) is 4.86. The van der Waals surface area contributed by atoms with Crippen molar-refractivity contribution in [3.05, 3.63) is 82.0 Å². The molecule has 0 saturated heterocycles. The molecule has 3 aromatic rings. The smallest absolute Gasteiger partial charge is 0.267 e. The molecule has 1 aromatic heterocycles. The van der Waals surface area contributed by atoms with Gasteiger partial charge in [-0.05, 0) is 42.8 Å². The third kappa shape index (κ3) is 3.69. The number of nitrogens with zero attached hydrogens (tertiary/aromatic N) is 2. The molecular weight excluding hydrogens is 386 g/mol. The van der Waals surface area contributed by atoms with Crippen molar-refractivity contribution in [2.75, 3.05) is 0 Å². The Bertz CT molecular complexity index is 1060. The fourth-order valence-corrected chi connectivity index (χ4v) is 2.86. The van der Waals surface area contributed by atoms with E-state index in [9.17, 15) is 31.1 Å². The summed E-state index contributed by atoms with van der Waals surface area (Å²) in [6, 6.07) is 8.40. The van der Waals surface area contributed by atoms with Crippen LogP contribution >= 0.6 is 0 Å². The maximum absolute atomic E-state index is 13.0. The van der Waals surface area contributed by atoms with Gasteiger partial charge in [-0.25, -0.2) is 4.79 Å². The molecule has 148 valence electrons. The Balaban J connectivity index is 2.18. The van der Waals surface area contributed by atoms with E-state index in [-0.39, 0.29) is 17.8 Å².